The van der Waals surface area contributed by atoms with Gasteiger partial charge >= 0.3 is 0 Å². The van der Waals surface area contributed by atoms with E-state index in [0.29, 0.717) is 5.91 Å². The van der Waals surface area contributed by atoms with Crippen LogP contribution in [0.5, 0.6) is 0 Å². The van der Waals surface area contributed by atoms with Crippen molar-refractivity contribution in [3.63, 3.8) is 0 Å². The fourth-order valence-electron chi connectivity index (χ4n) is 2.39. The van der Waals surface area contributed by atoms with Crippen molar-refractivity contribution >= 4 is 5.91 Å². The SMILES string of the molecule is CNCCN(C)C(=O)C1(C)CCCCC1. The summed E-state index contributed by atoms with van der Waals surface area (Å²) in [5, 5.41) is 3.08. The van der Waals surface area contributed by atoms with E-state index in [1.807, 2.05) is 19.0 Å². The summed E-state index contributed by atoms with van der Waals surface area (Å²) in [6.07, 6.45) is 5.85. The highest BCUT2D eigenvalue weighted by molar-refractivity contribution is 5.82. The molecular formula is C12H24N2O. The largest absolute Gasteiger partial charge is 0.344 e. The summed E-state index contributed by atoms with van der Waals surface area (Å²) in [6, 6.07) is 0. The molecule has 0 aromatic carbocycles. The van der Waals surface area contributed by atoms with Gasteiger partial charge in [-0.3, -0.25) is 4.79 Å². The Kier molecular flexibility index (Phi) is 4.58. The van der Waals surface area contributed by atoms with Gasteiger partial charge in [-0.15, -0.1) is 0 Å². The van der Waals surface area contributed by atoms with Gasteiger partial charge in [-0.2, -0.15) is 0 Å². The van der Waals surface area contributed by atoms with E-state index in [2.05, 4.69) is 12.2 Å². The number of nitrogens with one attached hydrogen (secondary N) is 1. The summed E-state index contributed by atoms with van der Waals surface area (Å²) < 4.78 is 0. The van der Waals surface area contributed by atoms with Gasteiger partial charge in [0, 0.05) is 25.6 Å². The normalized spacial score (nSPS) is 19.9. The molecule has 3 heteroatoms. The minimum atomic E-state index is -0.0826. The number of likely N-dealkylation sites (N-methyl/N-ethyl adjacent to an activating group) is 2. The van der Waals surface area contributed by atoms with Crippen molar-refractivity contribution in [2.45, 2.75) is 39.0 Å². The van der Waals surface area contributed by atoms with E-state index < -0.39 is 0 Å². The molecule has 1 rings (SSSR count). The van der Waals surface area contributed by atoms with Crippen LogP contribution in [-0.2, 0) is 4.79 Å². The van der Waals surface area contributed by atoms with E-state index in [9.17, 15) is 4.79 Å². The minimum absolute atomic E-state index is 0.0826. The summed E-state index contributed by atoms with van der Waals surface area (Å²) >= 11 is 0. The van der Waals surface area contributed by atoms with Crippen LogP contribution in [0.1, 0.15) is 39.0 Å². The zero-order valence-electron chi connectivity index (χ0n) is 10.3. The van der Waals surface area contributed by atoms with E-state index in [4.69, 9.17) is 0 Å². The van der Waals surface area contributed by atoms with Crippen LogP contribution in [0.4, 0.5) is 0 Å². The molecule has 0 aromatic heterocycles. The Morgan fingerprint density at radius 3 is 2.47 bits per heavy atom. The molecule has 1 N–H and O–H groups in total. The lowest BCUT2D eigenvalue weighted by atomic mass is 9.75. The standard InChI is InChI=1S/C12H24N2O/c1-12(7-5-4-6-8-12)11(15)14(3)10-9-13-2/h13H,4-10H2,1-3H3. The first kappa shape index (κ1) is 12.5. The van der Waals surface area contributed by atoms with Gasteiger partial charge in [-0.1, -0.05) is 26.2 Å². The first-order chi connectivity index (χ1) is 7.10. The molecule has 88 valence electrons. The molecule has 0 heterocycles. The first-order valence-electron chi connectivity index (χ1n) is 6.00. The molecule has 15 heavy (non-hydrogen) atoms. The zero-order valence-corrected chi connectivity index (χ0v) is 10.3. The molecule has 0 atom stereocenters. The van der Waals surface area contributed by atoms with Crippen LogP contribution in [-0.4, -0.2) is 38.0 Å². The monoisotopic (exact) mass is 212 g/mol. The van der Waals surface area contributed by atoms with Crippen LogP contribution in [0.3, 0.4) is 0 Å². The molecule has 1 aliphatic rings. The lowest BCUT2D eigenvalue weighted by Gasteiger charge is -2.35. The van der Waals surface area contributed by atoms with Crippen molar-refractivity contribution in [3.8, 4) is 0 Å². The second kappa shape index (κ2) is 5.50. The molecule has 0 aliphatic heterocycles. The van der Waals surface area contributed by atoms with E-state index in [-0.39, 0.29) is 5.41 Å². The van der Waals surface area contributed by atoms with Gasteiger partial charge in [0.15, 0.2) is 0 Å². The second-order valence-corrected chi connectivity index (χ2v) is 4.95. The maximum Gasteiger partial charge on any atom is 0.228 e. The third kappa shape index (κ3) is 3.20. The van der Waals surface area contributed by atoms with Crippen molar-refractivity contribution in [1.29, 1.82) is 0 Å². The Hall–Kier alpha value is -0.570. The summed E-state index contributed by atoms with van der Waals surface area (Å²) in [5.74, 6) is 0.331. The molecule has 1 amide bonds. The third-order valence-corrected chi connectivity index (χ3v) is 3.52. The Bertz CT molecular complexity index is 210. The summed E-state index contributed by atoms with van der Waals surface area (Å²) in [7, 11) is 3.83. The molecule has 0 radical (unpaired) electrons. The van der Waals surface area contributed by atoms with Crippen LogP contribution in [0.25, 0.3) is 0 Å². The van der Waals surface area contributed by atoms with Gasteiger partial charge < -0.3 is 10.2 Å². The number of carbonyl (C=O) groups excluding carboxylic acids is 1. The Morgan fingerprint density at radius 2 is 1.93 bits per heavy atom. The predicted octanol–water partition coefficient (Wildman–Crippen LogP) is 1.63. The number of rotatable bonds is 4. The maximum absolute atomic E-state index is 12.2. The van der Waals surface area contributed by atoms with Crippen LogP contribution in [0.15, 0.2) is 0 Å². The highest BCUT2D eigenvalue weighted by atomic mass is 16.2. The average Bonchev–Trinajstić information content (AvgIpc) is 2.26. The van der Waals surface area contributed by atoms with Crippen molar-refractivity contribution in [2.75, 3.05) is 27.2 Å². The van der Waals surface area contributed by atoms with Crippen molar-refractivity contribution in [3.05, 3.63) is 0 Å². The van der Waals surface area contributed by atoms with Crippen molar-refractivity contribution < 1.29 is 4.79 Å². The number of amides is 1. The quantitative estimate of drug-likeness (QED) is 0.768. The molecule has 0 spiro atoms. The van der Waals surface area contributed by atoms with Gasteiger partial charge in [-0.25, -0.2) is 0 Å². The van der Waals surface area contributed by atoms with Gasteiger partial charge in [0.2, 0.25) is 5.91 Å². The molecule has 3 nitrogen and oxygen atoms in total. The summed E-state index contributed by atoms with van der Waals surface area (Å²) in [6.45, 7) is 3.81. The summed E-state index contributed by atoms with van der Waals surface area (Å²) in [5.41, 5.74) is -0.0826. The highest BCUT2D eigenvalue weighted by Gasteiger charge is 2.36. The van der Waals surface area contributed by atoms with Crippen LogP contribution in [0, 0.1) is 5.41 Å². The first-order valence-corrected chi connectivity index (χ1v) is 6.00. The van der Waals surface area contributed by atoms with Gasteiger partial charge in [-0.05, 0) is 19.9 Å². The smallest absolute Gasteiger partial charge is 0.228 e. The Morgan fingerprint density at radius 1 is 1.33 bits per heavy atom. The Balaban J connectivity index is 2.49. The predicted molar refractivity (Wildman–Crippen MR) is 62.8 cm³/mol. The second-order valence-electron chi connectivity index (χ2n) is 4.95. The third-order valence-electron chi connectivity index (χ3n) is 3.52. The maximum atomic E-state index is 12.2. The van der Waals surface area contributed by atoms with Crippen LogP contribution < -0.4 is 5.32 Å². The van der Waals surface area contributed by atoms with Gasteiger partial charge in [0.1, 0.15) is 0 Å². The fraction of sp³-hybridized carbons (Fsp3) is 0.917. The molecule has 0 aromatic rings. The fourth-order valence-corrected chi connectivity index (χ4v) is 2.39. The van der Waals surface area contributed by atoms with E-state index in [1.54, 1.807) is 0 Å². The number of hydrogen-bond donors (Lipinski definition) is 1. The topological polar surface area (TPSA) is 32.3 Å². The van der Waals surface area contributed by atoms with E-state index in [0.717, 1.165) is 25.9 Å². The van der Waals surface area contributed by atoms with Gasteiger partial charge in [0.05, 0.1) is 0 Å². The molecule has 1 aliphatic carbocycles. The average molecular weight is 212 g/mol. The number of carbonyl (C=O) groups is 1. The molecule has 1 fully saturated rings. The van der Waals surface area contributed by atoms with Crippen molar-refractivity contribution in [1.82, 2.24) is 10.2 Å². The molecular weight excluding hydrogens is 188 g/mol. The molecule has 0 saturated heterocycles. The lowest BCUT2D eigenvalue weighted by molar-refractivity contribution is -0.141. The van der Waals surface area contributed by atoms with Crippen LogP contribution >= 0.6 is 0 Å². The highest BCUT2D eigenvalue weighted by Crippen LogP contribution is 2.37. The number of nitrogens with zero attached hydrogens (tertiary/aromatic N) is 1. The van der Waals surface area contributed by atoms with Gasteiger partial charge in [0.25, 0.3) is 0 Å². The molecule has 0 bridgehead atoms. The van der Waals surface area contributed by atoms with Crippen LogP contribution in [0.2, 0.25) is 0 Å². The molecule has 0 unspecified atom stereocenters. The lowest BCUT2D eigenvalue weighted by Crippen LogP contribution is -2.43. The van der Waals surface area contributed by atoms with E-state index in [1.165, 1.54) is 19.3 Å². The Labute approximate surface area is 93.2 Å². The molecule has 1 saturated carbocycles. The summed E-state index contributed by atoms with van der Waals surface area (Å²) in [4.78, 5) is 14.1. The number of hydrogen-bond acceptors (Lipinski definition) is 2. The zero-order chi connectivity index (χ0) is 11.3. The van der Waals surface area contributed by atoms with E-state index >= 15 is 0 Å². The van der Waals surface area contributed by atoms with Crippen molar-refractivity contribution in [2.24, 2.45) is 5.41 Å². The minimum Gasteiger partial charge on any atom is -0.344 e.